The van der Waals surface area contributed by atoms with E-state index >= 15 is 0 Å². The van der Waals surface area contributed by atoms with Crippen molar-refractivity contribution >= 4 is 10.1 Å². The fraction of sp³-hybridized carbons (Fsp3) is 0.400. The molecule has 0 unspecified atom stereocenters. The molecule has 1 aromatic carbocycles. The minimum absolute atomic E-state index is 0.0696. The largest absolute Gasteiger partial charge is 0.523 e. The first-order valence-corrected chi connectivity index (χ1v) is 6.40. The van der Waals surface area contributed by atoms with Crippen molar-refractivity contribution in [3.05, 3.63) is 35.4 Å². The molecule has 0 heterocycles. The molecular formula is C10H12F3NO3S. The maximum atomic E-state index is 11.9. The lowest BCUT2D eigenvalue weighted by Gasteiger charge is -2.08. The molecule has 0 atom stereocenters. The van der Waals surface area contributed by atoms with Crippen molar-refractivity contribution in [2.24, 2.45) is 5.73 Å². The molecule has 2 N–H and O–H groups in total. The molecule has 0 saturated heterocycles. The molecule has 0 saturated carbocycles. The van der Waals surface area contributed by atoms with Crippen LogP contribution < -0.4 is 5.73 Å². The Morgan fingerprint density at radius 2 is 1.61 bits per heavy atom. The van der Waals surface area contributed by atoms with Crippen LogP contribution in [0, 0.1) is 0 Å². The summed E-state index contributed by atoms with van der Waals surface area (Å²) in [5.74, 6) is 0. The number of hydrogen-bond donors (Lipinski definition) is 1. The highest BCUT2D eigenvalue weighted by atomic mass is 32.2. The maximum absolute atomic E-state index is 11.9. The first-order valence-electron chi connectivity index (χ1n) is 5.00. The van der Waals surface area contributed by atoms with Crippen LogP contribution >= 0.6 is 0 Å². The van der Waals surface area contributed by atoms with E-state index in [2.05, 4.69) is 4.18 Å². The van der Waals surface area contributed by atoms with Crippen LogP contribution in [0.3, 0.4) is 0 Å². The van der Waals surface area contributed by atoms with Crippen LogP contribution in [0.25, 0.3) is 0 Å². The van der Waals surface area contributed by atoms with E-state index in [1.807, 2.05) is 0 Å². The highest BCUT2D eigenvalue weighted by Gasteiger charge is 2.47. The SMILES string of the molecule is NCc1ccc(CCOS(=O)(=O)C(F)(F)F)cc1. The van der Waals surface area contributed by atoms with Gasteiger partial charge in [-0.2, -0.15) is 21.6 Å². The van der Waals surface area contributed by atoms with Crippen molar-refractivity contribution in [1.82, 2.24) is 0 Å². The van der Waals surface area contributed by atoms with Crippen LogP contribution in [-0.2, 0) is 27.3 Å². The van der Waals surface area contributed by atoms with Gasteiger partial charge in [0, 0.05) is 6.54 Å². The van der Waals surface area contributed by atoms with Crippen molar-refractivity contribution < 1.29 is 25.8 Å². The molecule has 0 aromatic heterocycles. The van der Waals surface area contributed by atoms with Crippen LogP contribution in [0.4, 0.5) is 13.2 Å². The van der Waals surface area contributed by atoms with Crippen molar-refractivity contribution in [1.29, 1.82) is 0 Å². The van der Waals surface area contributed by atoms with Crippen molar-refractivity contribution in [3.63, 3.8) is 0 Å². The zero-order valence-electron chi connectivity index (χ0n) is 9.27. The summed E-state index contributed by atoms with van der Waals surface area (Å²) in [6, 6.07) is 6.75. The van der Waals surface area contributed by atoms with E-state index in [4.69, 9.17) is 5.73 Å². The third kappa shape index (κ3) is 3.97. The van der Waals surface area contributed by atoms with Gasteiger partial charge in [-0.25, -0.2) is 0 Å². The van der Waals surface area contributed by atoms with Gasteiger partial charge < -0.3 is 5.73 Å². The van der Waals surface area contributed by atoms with Gasteiger partial charge in [0.05, 0.1) is 6.61 Å². The molecule has 0 aliphatic carbocycles. The molecule has 0 fully saturated rings. The van der Waals surface area contributed by atoms with E-state index < -0.39 is 22.2 Å². The van der Waals surface area contributed by atoms with Gasteiger partial charge in [-0.15, -0.1) is 0 Å². The van der Waals surface area contributed by atoms with Crippen molar-refractivity contribution in [2.75, 3.05) is 6.61 Å². The van der Waals surface area contributed by atoms with Gasteiger partial charge in [0.1, 0.15) is 0 Å². The normalized spacial score (nSPS) is 12.7. The Hall–Kier alpha value is -1.12. The van der Waals surface area contributed by atoms with E-state index in [1.165, 1.54) is 0 Å². The van der Waals surface area contributed by atoms with Gasteiger partial charge in [-0.1, -0.05) is 24.3 Å². The van der Waals surface area contributed by atoms with E-state index in [1.54, 1.807) is 24.3 Å². The smallest absolute Gasteiger partial charge is 0.326 e. The number of nitrogens with two attached hydrogens (primary N) is 1. The molecule has 4 nitrogen and oxygen atoms in total. The van der Waals surface area contributed by atoms with E-state index in [-0.39, 0.29) is 6.42 Å². The Labute approximate surface area is 103 Å². The molecule has 0 bridgehead atoms. The summed E-state index contributed by atoms with van der Waals surface area (Å²) in [5, 5.41) is 0. The standard InChI is InChI=1S/C10H12F3NO3S/c11-10(12,13)18(15,16)17-6-5-8-1-3-9(7-14)4-2-8/h1-4H,5-7,14H2. The fourth-order valence-corrected chi connectivity index (χ4v) is 1.61. The van der Waals surface area contributed by atoms with Gasteiger partial charge in [0.2, 0.25) is 0 Å². The second-order valence-electron chi connectivity index (χ2n) is 3.49. The number of rotatable bonds is 5. The summed E-state index contributed by atoms with van der Waals surface area (Å²) < 4.78 is 60.8. The molecule has 1 aromatic rings. The van der Waals surface area contributed by atoms with Gasteiger partial charge in [0.15, 0.2) is 0 Å². The molecule has 0 spiro atoms. The molecule has 0 aliphatic rings. The van der Waals surface area contributed by atoms with Crippen LogP contribution in [0.15, 0.2) is 24.3 Å². The molecule has 0 amide bonds. The highest BCUT2D eigenvalue weighted by molar-refractivity contribution is 7.87. The monoisotopic (exact) mass is 283 g/mol. The molecule has 1 rings (SSSR count). The third-order valence-corrected chi connectivity index (χ3v) is 3.22. The molecular weight excluding hydrogens is 271 g/mol. The Morgan fingerprint density at radius 3 is 2.06 bits per heavy atom. The average Bonchev–Trinajstić information content (AvgIpc) is 2.28. The third-order valence-electron chi connectivity index (χ3n) is 2.17. The Balaban J connectivity index is 2.52. The summed E-state index contributed by atoms with van der Waals surface area (Å²) in [5.41, 5.74) is 1.55. The number of hydrogen-bond acceptors (Lipinski definition) is 4. The second-order valence-corrected chi connectivity index (χ2v) is 5.10. The predicted octanol–water partition coefficient (Wildman–Crippen LogP) is 1.55. The molecule has 102 valence electrons. The van der Waals surface area contributed by atoms with E-state index in [9.17, 15) is 21.6 Å². The quantitative estimate of drug-likeness (QED) is 0.657. The lowest BCUT2D eigenvalue weighted by Crippen LogP contribution is -2.26. The minimum Gasteiger partial charge on any atom is -0.326 e. The molecule has 18 heavy (non-hydrogen) atoms. The maximum Gasteiger partial charge on any atom is 0.523 e. The molecule has 0 radical (unpaired) electrons. The average molecular weight is 283 g/mol. The number of benzene rings is 1. The minimum atomic E-state index is -5.50. The molecule has 8 heteroatoms. The highest BCUT2D eigenvalue weighted by Crippen LogP contribution is 2.24. The number of alkyl halides is 3. The summed E-state index contributed by atoms with van der Waals surface area (Å²) in [6.45, 7) is -0.191. The van der Waals surface area contributed by atoms with Crippen LogP contribution in [0.1, 0.15) is 11.1 Å². The summed E-state index contributed by atoms with van der Waals surface area (Å²) in [7, 11) is -5.50. The Kier molecular flexibility index (Phi) is 4.71. The van der Waals surface area contributed by atoms with Crippen LogP contribution in [-0.4, -0.2) is 20.5 Å². The fourth-order valence-electron chi connectivity index (χ4n) is 1.18. The lowest BCUT2D eigenvalue weighted by atomic mass is 10.1. The van der Waals surface area contributed by atoms with E-state index in [0.717, 1.165) is 5.56 Å². The second kappa shape index (κ2) is 5.68. The van der Waals surface area contributed by atoms with E-state index in [0.29, 0.717) is 12.1 Å². The predicted molar refractivity (Wildman–Crippen MR) is 59.0 cm³/mol. The zero-order valence-corrected chi connectivity index (χ0v) is 10.1. The van der Waals surface area contributed by atoms with Gasteiger partial charge in [0.25, 0.3) is 0 Å². The first-order chi connectivity index (χ1) is 8.26. The summed E-state index contributed by atoms with van der Waals surface area (Å²) in [6.07, 6.45) is 0.0696. The van der Waals surface area contributed by atoms with Gasteiger partial charge in [-0.3, -0.25) is 4.18 Å². The van der Waals surface area contributed by atoms with Crippen LogP contribution in [0.2, 0.25) is 0 Å². The summed E-state index contributed by atoms with van der Waals surface area (Å²) >= 11 is 0. The zero-order chi connectivity index (χ0) is 13.8. The first kappa shape index (κ1) is 14.9. The Bertz CT molecular complexity index is 482. The van der Waals surface area contributed by atoms with Crippen molar-refractivity contribution in [2.45, 2.75) is 18.5 Å². The Morgan fingerprint density at radius 1 is 1.11 bits per heavy atom. The molecule has 0 aliphatic heterocycles. The topological polar surface area (TPSA) is 69.4 Å². The van der Waals surface area contributed by atoms with Crippen LogP contribution in [0.5, 0.6) is 0 Å². The summed E-state index contributed by atoms with van der Waals surface area (Å²) in [4.78, 5) is 0. The van der Waals surface area contributed by atoms with Crippen molar-refractivity contribution in [3.8, 4) is 0 Å². The number of halogens is 3. The lowest BCUT2D eigenvalue weighted by molar-refractivity contribution is -0.0541. The van der Waals surface area contributed by atoms with Gasteiger partial charge >= 0.3 is 15.6 Å². The van der Waals surface area contributed by atoms with Gasteiger partial charge in [-0.05, 0) is 17.5 Å².